The zero-order valence-electron chi connectivity index (χ0n) is 9.22. The Labute approximate surface area is 94.1 Å². The summed E-state index contributed by atoms with van der Waals surface area (Å²) in [5, 5.41) is 3.32. The standard InChI is InChI=1S/C10H16ClN3O/c1-4-10(3,5-2)14-8-7(11)9(15)13-6-12-8/h6H,4-5H2,1-3H3,(H2,12,13,14,15). The molecule has 15 heavy (non-hydrogen) atoms. The van der Waals surface area contributed by atoms with Crippen molar-refractivity contribution in [3.8, 4) is 0 Å². The topological polar surface area (TPSA) is 57.8 Å². The van der Waals surface area contributed by atoms with Gasteiger partial charge in [0.25, 0.3) is 5.56 Å². The van der Waals surface area contributed by atoms with Crippen LogP contribution in [0.15, 0.2) is 11.1 Å². The quantitative estimate of drug-likeness (QED) is 0.834. The molecule has 0 aliphatic heterocycles. The average molecular weight is 230 g/mol. The Morgan fingerprint density at radius 2 is 2.13 bits per heavy atom. The zero-order chi connectivity index (χ0) is 11.5. The third-order valence-corrected chi connectivity index (χ3v) is 3.13. The van der Waals surface area contributed by atoms with E-state index in [4.69, 9.17) is 11.6 Å². The van der Waals surface area contributed by atoms with Gasteiger partial charge in [-0.25, -0.2) is 4.98 Å². The van der Waals surface area contributed by atoms with Crippen molar-refractivity contribution >= 4 is 17.4 Å². The molecule has 0 aromatic carbocycles. The molecule has 0 saturated heterocycles. The third-order valence-electron chi connectivity index (χ3n) is 2.78. The maximum absolute atomic E-state index is 11.2. The first-order valence-electron chi connectivity index (χ1n) is 5.03. The minimum absolute atomic E-state index is 0.0789. The van der Waals surface area contributed by atoms with Crippen molar-refractivity contribution in [1.29, 1.82) is 0 Å². The fraction of sp³-hybridized carbons (Fsp3) is 0.600. The second-order valence-corrected chi connectivity index (χ2v) is 4.16. The van der Waals surface area contributed by atoms with Crippen molar-refractivity contribution in [2.75, 3.05) is 5.32 Å². The molecular weight excluding hydrogens is 214 g/mol. The first-order valence-corrected chi connectivity index (χ1v) is 5.41. The molecule has 2 N–H and O–H groups in total. The highest BCUT2D eigenvalue weighted by Crippen LogP contribution is 2.23. The molecule has 0 spiro atoms. The van der Waals surface area contributed by atoms with Gasteiger partial charge in [0, 0.05) is 5.54 Å². The second kappa shape index (κ2) is 4.66. The van der Waals surface area contributed by atoms with E-state index in [0.29, 0.717) is 5.82 Å². The van der Waals surface area contributed by atoms with Crippen LogP contribution >= 0.6 is 11.6 Å². The summed E-state index contributed by atoms with van der Waals surface area (Å²) in [6, 6.07) is 0. The Bertz CT molecular complexity index is 384. The molecule has 1 aromatic heterocycles. The van der Waals surface area contributed by atoms with E-state index in [1.807, 2.05) is 0 Å². The summed E-state index contributed by atoms with van der Waals surface area (Å²) in [4.78, 5) is 17.7. The number of aromatic amines is 1. The second-order valence-electron chi connectivity index (χ2n) is 3.79. The van der Waals surface area contributed by atoms with E-state index >= 15 is 0 Å². The maximum Gasteiger partial charge on any atom is 0.271 e. The summed E-state index contributed by atoms with van der Waals surface area (Å²) >= 11 is 5.84. The number of anilines is 1. The summed E-state index contributed by atoms with van der Waals surface area (Å²) in [7, 11) is 0. The fourth-order valence-electron chi connectivity index (χ4n) is 1.18. The van der Waals surface area contributed by atoms with Gasteiger partial charge in [-0.3, -0.25) is 4.79 Å². The molecule has 0 aliphatic rings. The van der Waals surface area contributed by atoms with Gasteiger partial charge in [0.2, 0.25) is 0 Å². The normalized spacial score (nSPS) is 11.5. The third kappa shape index (κ3) is 2.72. The van der Waals surface area contributed by atoms with Crippen LogP contribution in [0.2, 0.25) is 5.02 Å². The number of hydrogen-bond donors (Lipinski definition) is 2. The number of hydrogen-bond acceptors (Lipinski definition) is 3. The molecule has 5 heteroatoms. The van der Waals surface area contributed by atoms with Crippen LogP contribution in [0.1, 0.15) is 33.6 Å². The summed E-state index contributed by atoms with van der Waals surface area (Å²) in [5.74, 6) is 0.451. The molecule has 0 saturated carbocycles. The molecule has 1 rings (SSSR count). The number of rotatable bonds is 4. The lowest BCUT2D eigenvalue weighted by molar-refractivity contribution is 0.476. The lowest BCUT2D eigenvalue weighted by atomic mass is 9.96. The largest absolute Gasteiger partial charge is 0.363 e. The van der Waals surface area contributed by atoms with Crippen LogP contribution in [0, 0.1) is 0 Å². The number of H-pyrrole nitrogens is 1. The molecule has 1 aromatic rings. The lowest BCUT2D eigenvalue weighted by Gasteiger charge is -2.28. The molecule has 84 valence electrons. The van der Waals surface area contributed by atoms with Crippen molar-refractivity contribution in [3.05, 3.63) is 21.7 Å². The van der Waals surface area contributed by atoms with Crippen molar-refractivity contribution in [1.82, 2.24) is 9.97 Å². The van der Waals surface area contributed by atoms with Crippen LogP contribution < -0.4 is 10.9 Å². The van der Waals surface area contributed by atoms with Crippen LogP contribution in [-0.4, -0.2) is 15.5 Å². The van der Waals surface area contributed by atoms with Gasteiger partial charge in [0.05, 0.1) is 6.33 Å². The molecule has 0 bridgehead atoms. The van der Waals surface area contributed by atoms with Crippen molar-refractivity contribution in [2.45, 2.75) is 39.2 Å². The monoisotopic (exact) mass is 229 g/mol. The van der Waals surface area contributed by atoms with E-state index < -0.39 is 0 Å². The number of halogens is 1. The van der Waals surface area contributed by atoms with Gasteiger partial charge in [-0.1, -0.05) is 25.4 Å². The van der Waals surface area contributed by atoms with Gasteiger partial charge in [0.1, 0.15) is 5.02 Å². The molecule has 0 aliphatic carbocycles. The number of aromatic nitrogens is 2. The predicted molar refractivity (Wildman–Crippen MR) is 62.5 cm³/mol. The van der Waals surface area contributed by atoms with Gasteiger partial charge < -0.3 is 10.3 Å². The number of nitrogens with zero attached hydrogens (tertiary/aromatic N) is 1. The first-order chi connectivity index (χ1) is 7.02. The van der Waals surface area contributed by atoms with Crippen LogP contribution in [0.5, 0.6) is 0 Å². The van der Waals surface area contributed by atoms with Crippen LogP contribution in [0.3, 0.4) is 0 Å². The summed E-state index contributed by atoms with van der Waals surface area (Å²) in [5.41, 5.74) is -0.395. The highest BCUT2D eigenvalue weighted by molar-refractivity contribution is 6.32. The van der Waals surface area contributed by atoms with Crippen LogP contribution in [0.25, 0.3) is 0 Å². The fourth-order valence-corrected chi connectivity index (χ4v) is 1.33. The molecule has 0 atom stereocenters. The van der Waals surface area contributed by atoms with Crippen molar-refractivity contribution in [3.63, 3.8) is 0 Å². The van der Waals surface area contributed by atoms with E-state index in [1.165, 1.54) is 6.33 Å². The first kappa shape index (κ1) is 12.0. The van der Waals surface area contributed by atoms with E-state index in [9.17, 15) is 4.79 Å². The molecule has 4 nitrogen and oxygen atoms in total. The van der Waals surface area contributed by atoms with Gasteiger partial charge in [0.15, 0.2) is 5.82 Å². The number of nitrogens with one attached hydrogen (secondary N) is 2. The Morgan fingerprint density at radius 1 is 1.53 bits per heavy atom. The highest BCUT2D eigenvalue weighted by Gasteiger charge is 2.21. The Hall–Kier alpha value is -1.03. The lowest BCUT2D eigenvalue weighted by Crippen LogP contribution is -2.34. The predicted octanol–water partition coefficient (Wildman–Crippen LogP) is 2.41. The van der Waals surface area contributed by atoms with Gasteiger partial charge in [-0.05, 0) is 19.8 Å². The van der Waals surface area contributed by atoms with Gasteiger partial charge in [-0.15, -0.1) is 0 Å². The summed E-state index contributed by atoms with van der Waals surface area (Å²) in [6.45, 7) is 6.24. The minimum atomic E-state index is -0.316. The van der Waals surface area contributed by atoms with Gasteiger partial charge in [-0.2, -0.15) is 0 Å². The molecule has 0 fully saturated rings. The smallest absolute Gasteiger partial charge is 0.271 e. The van der Waals surface area contributed by atoms with E-state index in [-0.39, 0.29) is 16.1 Å². The molecule has 0 amide bonds. The minimum Gasteiger partial charge on any atom is -0.363 e. The van der Waals surface area contributed by atoms with Crippen molar-refractivity contribution in [2.24, 2.45) is 0 Å². The molecular formula is C10H16ClN3O. The SMILES string of the molecule is CCC(C)(CC)Nc1nc[nH]c(=O)c1Cl. The van der Waals surface area contributed by atoms with E-state index in [2.05, 4.69) is 36.1 Å². The van der Waals surface area contributed by atoms with Crippen LogP contribution in [0.4, 0.5) is 5.82 Å². The average Bonchev–Trinajstić information content (AvgIpc) is 2.25. The maximum atomic E-state index is 11.2. The Kier molecular flexibility index (Phi) is 3.74. The molecule has 0 unspecified atom stereocenters. The molecule has 1 heterocycles. The van der Waals surface area contributed by atoms with E-state index in [1.54, 1.807) is 0 Å². The zero-order valence-corrected chi connectivity index (χ0v) is 9.98. The Morgan fingerprint density at radius 3 is 2.67 bits per heavy atom. The van der Waals surface area contributed by atoms with E-state index in [0.717, 1.165) is 12.8 Å². The van der Waals surface area contributed by atoms with Gasteiger partial charge >= 0.3 is 0 Å². The van der Waals surface area contributed by atoms with Crippen molar-refractivity contribution < 1.29 is 0 Å². The summed E-state index contributed by atoms with van der Waals surface area (Å²) < 4.78 is 0. The van der Waals surface area contributed by atoms with Crippen LogP contribution in [-0.2, 0) is 0 Å². The summed E-state index contributed by atoms with van der Waals surface area (Å²) in [6.07, 6.45) is 3.23. The Balaban J connectivity index is 2.99. The molecule has 0 radical (unpaired) electrons. The highest BCUT2D eigenvalue weighted by atomic mass is 35.5.